The van der Waals surface area contributed by atoms with Crippen molar-refractivity contribution < 1.29 is 13.2 Å². The minimum absolute atomic E-state index is 0.0278. The fraction of sp³-hybridized carbons (Fsp3) is 0.500. The van der Waals surface area contributed by atoms with Crippen LogP contribution in [0.2, 0.25) is 0 Å². The molecule has 0 amide bonds. The topological polar surface area (TPSA) is 63.1 Å². The van der Waals surface area contributed by atoms with E-state index in [1.165, 1.54) is 6.92 Å². The number of alkyl halides is 3. The van der Waals surface area contributed by atoms with Gasteiger partial charge in [0, 0.05) is 29.5 Å². The molecule has 2 heterocycles. The molecule has 8 heteroatoms. The molecule has 0 aromatic carbocycles. The van der Waals surface area contributed by atoms with Crippen molar-refractivity contribution in [2.24, 2.45) is 4.99 Å². The van der Waals surface area contributed by atoms with Crippen LogP contribution in [0.15, 0.2) is 29.4 Å². The summed E-state index contributed by atoms with van der Waals surface area (Å²) in [6, 6.07) is 3.95. The largest absolute Gasteiger partial charge is 0.351 e. The number of nitrogens with zero attached hydrogens (tertiary/aromatic N) is 4. The summed E-state index contributed by atoms with van der Waals surface area (Å²) < 4.78 is 35.3. The van der Waals surface area contributed by atoms with Crippen LogP contribution in [0, 0.1) is 13.8 Å². The monoisotopic (exact) mass is 447 g/mol. The van der Waals surface area contributed by atoms with E-state index < -0.39 is 12.1 Å². The average molecular weight is 448 g/mol. The van der Waals surface area contributed by atoms with E-state index in [1.807, 2.05) is 52.8 Å². The highest BCUT2D eigenvalue weighted by atomic mass is 19.3. The first-order valence-corrected chi connectivity index (χ1v) is 10.8. The van der Waals surface area contributed by atoms with Gasteiger partial charge in [0.1, 0.15) is 5.67 Å². The highest BCUT2D eigenvalue weighted by molar-refractivity contribution is 5.83. The summed E-state index contributed by atoms with van der Waals surface area (Å²) in [5.41, 5.74) is 5.24. The second-order valence-electron chi connectivity index (χ2n) is 8.06. The summed E-state index contributed by atoms with van der Waals surface area (Å²) in [4.78, 5) is 18.1. The zero-order valence-electron chi connectivity index (χ0n) is 19.6. The number of pyridine rings is 1. The number of aryl methyl sites for hydroxylation is 2. The van der Waals surface area contributed by atoms with Crippen LogP contribution >= 0.6 is 0 Å². The summed E-state index contributed by atoms with van der Waals surface area (Å²) in [6.07, 6.45) is 2.87. The van der Waals surface area contributed by atoms with Crippen molar-refractivity contribution in [1.82, 2.24) is 15.0 Å². The molecule has 0 saturated heterocycles. The maximum absolute atomic E-state index is 13.8. The quantitative estimate of drug-likeness (QED) is 0.484. The fourth-order valence-corrected chi connectivity index (χ4v) is 2.87. The van der Waals surface area contributed by atoms with Gasteiger partial charge in [-0.2, -0.15) is 0 Å². The first-order chi connectivity index (χ1) is 15.1. The molecule has 0 bridgehead atoms. The number of anilines is 1. The van der Waals surface area contributed by atoms with Gasteiger partial charge in [0.15, 0.2) is 0 Å². The smallest absolute Gasteiger partial charge is 0.238 e. The van der Waals surface area contributed by atoms with Crippen LogP contribution in [0.1, 0.15) is 69.6 Å². The zero-order chi connectivity index (χ0) is 23.9. The van der Waals surface area contributed by atoms with E-state index in [9.17, 15) is 13.2 Å². The second kappa shape index (κ2) is 11.2. The van der Waals surface area contributed by atoms with Crippen molar-refractivity contribution in [2.75, 3.05) is 11.9 Å². The molecular weight excluding hydrogens is 415 g/mol. The number of aliphatic imine (C=N–C) groups is 1. The highest BCUT2D eigenvalue weighted by Gasteiger charge is 2.43. The van der Waals surface area contributed by atoms with Crippen LogP contribution in [0.25, 0.3) is 5.57 Å². The van der Waals surface area contributed by atoms with Gasteiger partial charge in [-0.25, -0.2) is 23.1 Å². The maximum Gasteiger partial charge on any atom is 0.238 e. The van der Waals surface area contributed by atoms with Gasteiger partial charge in [-0.1, -0.05) is 13.0 Å². The number of rotatable bonds is 7. The van der Waals surface area contributed by atoms with E-state index in [0.29, 0.717) is 18.8 Å². The van der Waals surface area contributed by atoms with Gasteiger partial charge < -0.3 is 5.32 Å². The zero-order valence-corrected chi connectivity index (χ0v) is 19.6. The fourth-order valence-electron chi connectivity index (χ4n) is 2.87. The Morgan fingerprint density at radius 3 is 2.31 bits per heavy atom. The summed E-state index contributed by atoms with van der Waals surface area (Å²) in [6.45, 7) is 11.5. The first-order valence-electron chi connectivity index (χ1n) is 10.8. The maximum atomic E-state index is 13.8. The predicted molar refractivity (Wildman–Crippen MR) is 125 cm³/mol. The first kappa shape index (κ1) is 25.5. The molecule has 0 spiro atoms. The van der Waals surface area contributed by atoms with Crippen LogP contribution < -0.4 is 5.32 Å². The van der Waals surface area contributed by atoms with E-state index in [1.54, 1.807) is 6.20 Å². The third-order valence-electron chi connectivity index (χ3n) is 4.90. The van der Waals surface area contributed by atoms with Gasteiger partial charge >= 0.3 is 0 Å². The number of halogens is 3. The summed E-state index contributed by atoms with van der Waals surface area (Å²) >= 11 is 0. The molecule has 1 aliphatic carbocycles. The predicted octanol–water partition coefficient (Wildman–Crippen LogP) is 6.63. The van der Waals surface area contributed by atoms with E-state index >= 15 is 0 Å². The number of aromatic nitrogens is 3. The van der Waals surface area contributed by atoms with Crippen molar-refractivity contribution in [1.29, 1.82) is 0 Å². The number of hydrogen-bond acceptors (Lipinski definition) is 5. The third kappa shape index (κ3) is 7.43. The summed E-state index contributed by atoms with van der Waals surface area (Å²) in [5, 5.41) is 3.00. The van der Waals surface area contributed by atoms with Crippen molar-refractivity contribution in [2.45, 2.75) is 72.9 Å². The van der Waals surface area contributed by atoms with Gasteiger partial charge in [-0.15, -0.1) is 0 Å². The Labute approximate surface area is 188 Å². The third-order valence-corrected chi connectivity index (χ3v) is 4.90. The van der Waals surface area contributed by atoms with E-state index in [2.05, 4.69) is 20.3 Å². The van der Waals surface area contributed by atoms with Crippen molar-refractivity contribution in [3.8, 4) is 0 Å². The van der Waals surface area contributed by atoms with Crippen molar-refractivity contribution >= 4 is 22.9 Å². The lowest BCUT2D eigenvalue weighted by Gasteiger charge is -2.13. The summed E-state index contributed by atoms with van der Waals surface area (Å²) in [5.74, 6) is 0.461. The number of allylic oxidation sites excluding steroid dienone is 1. The van der Waals surface area contributed by atoms with E-state index in [0.717, 1.165) is 39.6 Å². The van der Waals surface area contributed by atoms with Gasteiger partial charge in [0.25, 0.3) is 0 Å². The van der Waals surface area contributed by atoms with Crippen LogP contribution in [0.5, 0.6) is 0 Å². The molecule has 0 aliphatic heterocycles. The van der Waals surface area contributed by atoms with Crippen molar-refractivity contribution in [3.05, 3.63) is 47.1 Å². The molecule has 2 aromatic rings. The molecule has 0 atom stereocenters. The van der Waals surface area contributed by atoms with Crippen LogP contribution in [-0.2, 0) is 0 Å². The van der Waals surface area contributed by atoms with Gasteiger partial charge in [-0.05, 0) is 59.6 Å². The lowest BCUT2D eigenvalue weighted by molar-refractivity contribution is 0.144. The Kier molecular flexibility index (Phi) is 8.92. The molecule has 0 unspecified atom stereocenters. The number of nitrogens with one attached hydrogen (secondary N) is 1. The Morgan fingerprint density at radius 2 is 1.84 bits per heavy atom. The second-order valence-corrected chi connectivity index (χ2v) is 8.06. The molecule has 1 aliphatic rings. The Hall–Kier alpha value is -2.77. The standard InChI is InChI=1S/C21H26FN5.C3H6F2/c1-6-16(19-8-7-18(15(5)26-19)25-13(2)3)17-11-23-20(27-14(17)4)24-12-21(22)9-10-21;1-2-3(4)5/h6-8,11H,9-10,12H2,1-5H3,(H,23,24,27);3H,2H2,1H3/b16-6+;. The Bertz CT molecular complexity index is 978. The van der Waals surface area contributed by atoms with Crippen LogP contribution in [0.3, 0.4) is 0 Å². The minimum atomic E-state index is -2.12. The van der Waals surface area contributed by atoms with Crippen molar-refractivity contribution in [3.63, 3.8) is 0 Å². The highest BCUT2D eigenvalue weighted by Crippen LogP contribution is 2.39. The molecule has 174 valence electrons. The molecule has 2 aromatic heterocycles. The SMILES string of the molecule is C/C=C(/c1ccc(N=C(C)C)c(C)n1)c1cnc(NCC2(F)CC2)nc1C.CCC(F)F. The van der Waals surface area contributed by atoms with Gasteiger partial charge in [0.05, 0.1) is 29.3 Å². The Balaban J connectivity index is 0.000000654. The molecule has 1 saturated carbocycles. The number of hydrogen-bond donors (Lipinski definition) is 1. The van der Waals surface area contributed by atoms with Crippen LogP contribution in [-0.4, -0.2) is 39.3 Å². The minimum Gasteiger partial charge on any atom is -0.351 e. The molecule has 1 N–H and O–H groups in total. The lowest BCUT2D eigenvalue weighted by atomic mass is 10.0. The van der Waals surface area contributed by atoms with Crippen LogP contribution in [0.4, 0.5) is 24.8 Å². The Morgan fingerprint density at radius 1 is 1.19 bits per heavy atom. The average Bonchev–Trinajstić information content (AvgIpc) is 3.48. The normalized spacial score (nSPS) is 14.5. The molecule has 1 fully saturated rings. The molecule has 5 nitrogen and oxygen atoms in total. The van der Waals surface area contributed by atoms with E-state index in [4.69, 9.17) is 4.98 Å². The van der Waals surface area contributed by atoms with Gasteiger partial charge in [-0.3, -0.25) is 9.98 Å². The molecule has 32 heavy (non-hydrogen) atoms. The summed E-state index contributed by atoms with van der Waals surface area (Å²) in [7, 11) is 0. The lowest BCUT2D eigenvalue weighted by Crippen LogP contribution is -2.18. The van der Waals surface area contributed by atoms with Gasteiger partial charge in [0.2, 0.25) is 12.4 Å². The molecular formula is C24H32F3N5. The van der Waals surface area contributed by atoms with E-state index in [-0.39, 0.29) is 13.0 Å². The molecule has 0 radical (unpaired) electrons. The molecule has 3 rings (SSSR count).